The molecule has 2 heterocycles. The summed E-state index contributed by atoms with van der Waals surface area (Å²) >= 11 is 1.89. The molecule has 1 saturated heterocycles. The van der Waals surface area contributed by atoms with Crippen molar-refractivity contribution in [2.75, 3.05) is 23.4 Å². The van der Waals surface area contributed by atoms with Crippen molar-refractivity contribution < 1.29 is 4.79 Å². The first-order valence-electron chi connectivity index (χ1n) is 7.30. The van der Waals surface area contributed by atoms with E-state index in [0.29, 0.717) is 5.69 Å². The normalized spacial score (nSPS) is 17.9. The second kappa shape index (κ2) is 6.35. The molecular weight excluding hydrogens is 282 g/mol. The highest BCUT2D eigenvalue weighted by molar-refractivity contribution is 7.99. The van der Waals surface area contributed by atoms with Crippen LogP contribution in [0.4, 0.5) is 5.69 Å². The highest BCUT2D eigenvalue weighted by Gasteiger charge is 2.19. The van der Waals surface area contributed by atoms with Gasteiger partial charge in [0.05, 0.1) is 5.52 Å². The number of pyridine rings is 1. The van der Waals surface area contributed by atoms with Gasteiger partial charge in [0.1, 0.15) is 5.69 Å². The highest BCUT2D eigenvalue weighted by atomic mass is 32.2. The SMILES string of the molecule is CCNc1cc(C(=O)NC2CCSC2)nc2ccccc12. The molecule has 4 nitrogen and oxygen atoms in total. The molecule has 3 rings (SSSR count). The third-order valence-electron chi connectivity index (χ3n) is 3.58. The maximum absolute atomic E-state index is 12.4. The molecule has 1 fully saturated rings. The van der Waals surface area contributed by atoms with Crippen LogP contribution in [-0.4, -0.2) is 35.0 Å². The molecule has 21 heavy (non-hydrogen) atoms. The summed E-state index contributed by atoms with van der Waals surface area (Å²) in [5.74, 6) is 2.05. The summed E-state index contributed by atoms with van der Waals surface area (Å²) in [7, 11) is 0. The van der Waals surface area contributed by atoms with Gasteiger partial charge in [-0.25, -0.2) is 4.98 Å². The van der Waals surface area contributed by atoms with Crippen LogP contribution in [-0.2, 0) is 0 Å². The van der Waals surface area contributed by atoms with E-state index < -0.39 is 0 Å². The van der Waals surface area contributed by atoms with Gasteiger partial charge in [-0.05, 0) is 31.2 Å². The Hall–Kier alpha value is -1.75. The number of anilines is 1. The monoisotopic (exact) mass is 301 g/mol. The standard InChI is InChI=1S/C16H19N3OS/c1-2-17-14-9-15(16(20)18-11-7-8-21-10-11)19-13-6-4-3-5-12(13)14/h3-6,9,11H,2,7-8,10H2,1H3,(H,17,19)(H,18,20). The number of fused-ring (bicyclic) bond motifs is 1. The van der Waals surface area contributed by atoms with E-state index in [9.17, 15) is 4.79 Å². The fourth-order valence-electron chi connectivity index (χ4n) is 2.54. The molecule has 0 aliphatic carbocycles. The van der Waals surface area contributed by atoms with E-state index in [-0.39, 0.29) is 11.9 Å². The predicted octanol–water partition coefficient (Wildman–Crippen LogP) is 2.90. The number of thioether (sulfide) groups is 1. The molecule has 1 atom stereocenters. The molecule has 1 unspecified atom stereocenters. The quantitative estimate of drug-likeness (QED) is 0.912. The van der Waals surface area contributed by atoms with Crippen LogP contribution in [0.2, 0.25) is 0 Å². The Bertz CT molecular complexity index is 653. The maximum atomic E-state index is 12.4. The van der Waals surface area contributed by atoms with E-state index >= 15 is 0 Å². The van der Waals surface area contributed by atoms with Crippen LogP contribution in [0.5, 0.6) is 0 Å². The molecule has 1 aliphatic rings. The molecule has 1 aromatic heterocycles. The first kappa shape index (κ1) is 14.2. The van der Waals surface area contributed by atoms with Gasteiger partial charge in [0.25, 0.3) is 5.91 Å². The van der Waals surface area contributed by atoms with Crippen LogP contribution < -0.4 is 10.6 Å². The molecule has 0 spiro atoms. The smallest absolute Gasteiger partial charge is 0.270 e. The maximum Gasteiger partial charge on any atom is 0.270 e. The molecule has 5 heteroatoms. The molecule has 1 amide bonds. The van der Waals surface area contributed by atoms with Gasteiger partial charge in [-0.2, -0.15) is 11.8 Å². The van der Waals surface area contributed by atoms with E-state index in [0.717, 1.165) is 41.1 Å². The lowest BCUT2D eigenvalue weighted by atomic mass is 10.1. The van der Waals surface area contributed by atoms with Crippen molar-refractivity contribution in [3.63, 3.8) is 0 Å². The van der Waals surface area contributed by atoms with Crippen LogP contribution >= 0.6 is 11.8 Å². The van der Waals surface area contributed by atoms with Crippen molar-refractivity contribution in [1.29, 1.82) is 0 Å². The Labute approximate surface area is 128 Å². The first-order valence-corrected chi connectivity index (χ1v) is 8.45. The topological polar surface area (TPSA) is 54.0 Å². The van der Waals surface area contributed by atoms with Gasteiger partial charge in [-0.3, -0.25) is 4.79 Å². The number of carbonyl (C=O) groups excluding carboxylic acids is 1. The summed E-state index contributed by atoms with van der Waals surface area (Å²) in [6.45, 7) is 2.86. The van der Waals surface area contributed by atoms with Crippen LogP contribution in [0.3, 0.4) is 0 Å². The number of carbonyl (C=O) groups is 1. The van der Waals surface area contributed by atoms with E-state index in [2.05, 4.69) is 15.6 Å². The van der Waals surface area contributed by atoms with Crippen LogP contribution in [0.25, 0.3) is 10.9 Å². The first-order chi connectivity index (χ1) is 10.3. The number of hydrogen-bond acceptors (Lipinski definition) is 4. The summed E-state index contributed by atoms with van der Waals surface area (Å²) in [5.41, 5.74) is 2.30. The lowest BCUT2D eigenvalue weighted by Crippen LogP contribution is -2.35. The summed E-state index contributed by atoms with van der Waals surface area (Å²) in [5, 5.41) is 7.44. The van der Waals surface area contributed by atoms with E-state index in [1.807, 2.05) is 49.0 Å². The summed E-state index contributed by atoms with van der Waals surface area (Å²) in [6, 6.07) is 10.0. The molecule has 1 aromatic carbocycles. The van der Waals surface area contributed by atoms with Crippen molar-refractivity contribution in [2.24, 2.45) is 0 Å². The Balaban J connectivity index is 1.92. The lowest BCUT2D eigenvalue weighted by molar-refractivity contribution is 0.0936. The Morgan fingerprint density at radius 3 is 3.05 bits per heavy atom. The highest BCUT2D eigenvalue weighted by Crippen LogP contribution is 2.23. The summed E-state index contributed by atoms with van der Waals surface area (Å²) < 4.78 is 0. The minimum Gasteiger partial charge on any atom is -0.385 e. The zero-order chi connectivity index (χ0) is 14.7. The van der Waals surface area contributed by atoms with Gasteiger partial charge in [0, 0.05) is 29.4 Å². The molecule has 0 bridgehead atoms. The van der Waals surface area contributed by atoms with Gasteiger partial charge in [-0.15, -0.1) is 0 Å². The molecule has 0 saturated carbocycles. The van der Waals surface area contributed by atoms with Crippen molar-refractivity contribution in [2.45, 2.75) is 19.4 Å². The van der Waals surface area contributed by atoms with Crippen molar-refractivity contribution in [3.8, 4) is 0 Å². The number of para-hydroxylation sites is 1. The number of hydrogen-bond donors (Lipinski definition) is 2. The van der Waals surface area contributed by atoms with Gasteiger partial charge in [-0.1, -0.05) is 18.2 Å². The van der Waals surface area contributed by atoms with E-state index in [4.69, 9.17) is 0 Å². The Kier molecular flexibility index (Phi) is 4.29. The van der Waals surface area contributed by atoms with Gasteiger partial charge < -0.3 is 10.6 Å². The third-order valence-corrected chi connectivity index (χ3v) is 4.74. The number of nitrogens with zero attached hydrogens (tertiary/aromatic N) is 1. The zero-order valence-electron chi connectivity index (χ0n) is 12.1. The van der Waals surface area contributed by atoms with Gasteiger partial charge in [0.15, 0.2) is 0 Å². The number of rotatable bonds is 4. The second-order valence-electron chi connectivity index (χ2n) is 5.14. The number of amides is 1. The Morgan fingerprint density at radius 1 is 1.43 bits per heavy atom. The molecule has 1 aliphatic heterocycles. The largest absolute Gasteiger partial charge is 0.385 e. The van der Waals surface area contributed by atoms with Crippen molar-refractivity contribution >= 4 is 34.3 Å². The van der Waals surface area contributed by atoms with Crippen LogP contribution in [0.1, 0.15) is 23.8 Å². The second-order valence-corrected chi connectivity index (χ2v) is 6.29. The molecule has 110 valence electrons. The predicted molar refractivity (Wildman–Crippen MR) is 89.1 cm³/mol. The summed E-state index contributed by atoms with van der Waals surface area (Å²) in [4.78, 5) is 16.9. The van der Waals surface area contributed by atoms with Crippen molar-refractivity contribution in [1.82, 2.24) is 10.3 Å². The van der Waals surface area contributed by atoms with E-state index in [1.165, 1.54) is 0 Å². The third kappa shape index (κ3) is 3.13. The molecule has 2 aromatic rings. The number of benzene rings is 1. The van der Waals surface area contributed by atoms with Gasteiger partial charge >= 0.3 is 0 Å². The minimum absolute atomic E-state index is 0.0765. The summed E-state index contributed by atoms with van der Waals surface area (Å²) in [6.07, 6.45) is 1.05. The molecule has 0 radical (unpaired) electrons. The number of nitrogens with one attached hydrogen (secondary N) is 2. The number of aromatic nitrogens is 1. The fourth-order valence-corrected chi connectivity index (χ4v) is 3.69. The van der Waals surface area contributed by atoms with Crippen LogP contribution in [0.15, 0.2) is 30.3 Å². The zero-order valence-corrected chi connectivity index (χ0v) is 12.9. The molecule has 2 N–H and O–H groups in total. The minimum atomic E-state index is -0.0765. The van der Waals surface area contributed by atoms with E-state index in [1.54, 1.807) is 0 Å². The fraction of sp³-hybridized carbons (Fsp3) is 0.375. The van der Waals surface area contributed by atoms with Gasteiger partial charge in [0.2, 0.25) is 0 Å². The van der Waals surface area contributed by atoms with Crippen molar-refractivity contribution in [3.05, 3.63) is 36.0 Å². The van der Waals surface area contributed by atoms with Crippen LogP contribution in [0, 0.1) is 0 Å². The lowest BCUT2D eigenvalue weighted by Gasteiger charge is -2.13. The average Bonchev–Trinajstić information content (AvgIpc) is 3.00. The average molecular weight is 301 g/mol. The molecular formula is C16H19N3OS. The Morgan fingerprint density at radius 2 is 2.29 bits per heavy atom.